The lowest BCUT2D eigenvalue weighted by Gasteiger charge is -2.28. The molecule has 1 fully saturated rings. The molecule has 88 valence electrons. The predicted octanol–water partition coefficient (Wildman–Crippen LogP) is 0.521. The molecule has 1 rings (SSSR count). The Labute approximate surface area is 90.1 Å². The lowest BCUT2D eigenvalue weighted by atomic mass is 10.0. The van der Waals surface area contributed by atoms with E-state index in [0.29, 0.717) is 13.0 Å². The first kappa shape index (κ1) is 12.4. The van der Waals surface area contributed by atoms with E-state index in [0.717, 1.165) is 0 Å². The second-order valence-corrected chi connectivity index (χ2v) is 6.23. The van der Waals surface area contributed by atoms with Crippen LogP contribution in [0.25, 0.3) is 0 Å². The smallest absolute Gasteiger partial charge is 0.304 e. The maximum atomic E-state index is 11.6. The molecule has 1 aliphatic rings. The molecule has 15 heavy (non-hydrogen) atoms. The van der Waals surface area contributed by atoms with Gasteiger partial charge in [0.25, 0.3) is 0 Å². The van der Waals surface area contributed by atoms with Gasteiger partial charge in [-0.05, 0) is 12.3 Å². The van der Waals surface area contributed by atoms with Gasteiger partial charge in [0.15, 0.2) is 0 Å². The normalized spacial score (nSPS) is 23.1. The quantitative estimate of drug-likeness (QED) is 0.771. The first-order chi connectivity index (χ1) is 6.84. The zero-order valence-corrected chi connectivity index (χ0v) is 9.83. The minimum Gasteiger partial charge on any atom is -0.481 e. The number of aliphatic carboxylic acids is 1. The summed E-state index contributed by atoms with van der Waals surface area (Å²) in [5.74, 6) is -0.777. The van der Waals surface area contributed by atoms with Crippen LogP contribution in [0.3, 0.4) is 0 Å². The van der Waals surface area contributed by atoms with Crippen LogP contribution >= 0.6 is 0 Å². The summed E-state index contributed by atoms with van der Waals surface area (Å²) in [6.45, 7) is 4.15. The molecule has 0 bridgehead atoms. The van der Waals surface area contributed by atoms with Gasteiger partial charge in [-0.2, -0.15) is 4.31 Å². The largest absolute Gasteiger partial charge is 0.481 e. The Hall–Kier alpha value is -0.620. The molecule has 1 aliphatic heterocycles. The van der Waals surface area contributed by atoms with Gasteiger partial charge in [0.1, 0.15) is 0 Å². The Bertz CT molecular complexity index is 336. The van der Waals surface area contributed by atoms with Gasteiger partial charge in [0, 0.05) is 12.6 Å². The number of carboxylic acid groups (broad SMARTS) is 1. The molecule has 0 aromatic heterocycles. The monoisotopic (exact) mass is 235 g/mol. The van der Waals surface area contributed by atoms with Crippen molar-refractivity contribution >= 4 is 16.0 Å². The van der Waals surface area contributed by atoms with Gasteiger partial charge in [-0.3, -0.25) is 4.79 Å². The van der Waals surface area contributed by atoms with Gasteiger partial charge in [-0.25, -0.2) is 8.42 Å². The minimum atomic E-state index is -3.21. The van der Waals surface area contributed by atoms with Gasteiger partial charge >= 0.3 is 5.97 Å². The van der Waals surface area contributed by atoms with Crippen molar-refractivity contribution in [1.29, 1.82) is 0 Å². The molecular formula is C9H17NO4S. The molecule has 0 aromatic carbocycles. The highest BCUT2D eigenvalue weighted by atomic mass is 32.2. The fraction of sp³-hybridized carbons (Fsp3) is 0.889. The van der Waals surface area contributed by atoms with Crippen molar-refractivity contribution in [2.75, 3.05) is 12.3 Å². The van der Waals surface area contributed by atoms with Crippen LogP contribution in [-0.2, 0) is 14.8 Å². The molecule has 1 saturated heterocycles. The predicted molar refractivity (Wildman–Crippen MR) is 56.0 cm³/mol. The van der Waals surface area contributed by atoms with E-state index in [4.69, 9.17) is 5.11 Å². The van der Waals surface area contributed by atoms with Crippen LogP contribution in [0, 0.1) is 5.92 Å². The zero-order chi connectivity index (χ0) is 11.6. The summed E-state index contributed by atoms with van der Waals surface area (Å²) in [7, 11) is -3.21. The van der Waals surface area contributed by atoms with Gasteiger partial charge in [-0.1, -0.05) is 13.8 Å². The average molecular weight is 235 g/mol. The van der Waals surface area contributed by atoms with Crippen molar-refractivity contribution in [1.82, 2.24) is 4.31 Å². The van der Waals surface area contributed by atoms with Crippen LogP contribution in [0.1, 0.15) is 26.7 Å². The molecule has 1 unspecified atom stereocenters. The Kier molecular flexibility index (Phi) is 3.72. The summed E-state index contributed by atoms with van der Waals surface area (Å²) < 4.78 is 24.6. The number of rotatable bonds is 4. The Morgan fingerprint density at radius 1 is 1.47 bits per heavy atom. The van der Waals surface area contributed by atoms with E-state index in [-0.39, 0.29) is 18.1 Å². The lowest BCUT2D eigenvalue weighted by Crippen LogP contribution is -2.41. The molecule has 6 heteroatoms. The maximum absolute atomic E-state index is 11.6. The highest BCUT2D eigenvalue weighted by Gasteiger charge is 2.36. The molecule has 0 spiro atoms. The van der Waals surface area contributed by atoms with Crippen molar-refractivity contribution in [3.8, 4) is 0 Å². The zero-order valence-electron chi connectivity index (χ0n) is 9.01. The number of sulfonamides is 1. The molecular weight excluding hydrogens is 218 g/mol. The topological polar surface area (TPSA) is 74.7 Å². The van der Waals surface area contributed by atoms with E-state index in [2.05, 4.69) is 0 Å². The molecule has 5 nitrogen and oxygen atoms in total. The molecule has 1 heterocycles. The molecule has 0 amide bonds. The van der Waals surface area contributed by atoms with Gasteiger partial charge in [-0.15, -0.1) is 0 Å². The van der Waals surface area contributed by atoms with E-state index >= 15 is 0 Å². The van der Waals surface area contributed by atoms with Crippen molar-refractivity contribution in [2.45, 2.75) is 32.7 Å². The average Bonchev–Trinajstić information content (AvgIpc) is 2.40. The highest BCUT2D eigenvalue weighted by Crippen LogP contribution is 2.23. The summed E-state index contributed by atoms with van der Waals surface area (Å²) in [6.07, 6.45) is 0.488. The number of nitrogens with zero attached hydrogens (tertiary/aromatic N) is 1. The molecule has 1 N–H and O–H groups in total. The van der Waals surface area contributed by atoms with Crippen LogP contribution in [0.15, 0.2) is 0 Å². The molecule has 0 radical (unpaired) electrons. The number of carbonyl (C=O) groups is 1. The van der Waals surface area contributed by atoms with Crippen LogP contribution in [0.5, 0.6) is 0 Å². The van der Waals surface area contributed by atoms with E-state index in [1.165, 1.54) is 4.31 Å². The van der Waals surface area contributed by atoms with Crippen molar-refractivity contribution in [3.63, 3.8) is 0 Å². The van der Waals surface area contributed by atoms with Crippen LogP contribution < -0.4 is 0 Å². The first-order valence-corrected chi connectivity index (χ1v) is 6.67. The van der Waals surface area contributed by atoms with Crippen LogP contribution in [0.4, 0.5) is 0 Å². The SMILES string of the molecule is CC(C)C(CC(=O)O)N1CCCS1(=O)=O. The third-order valence-electron chi connectivity index (χ3n) is 2.66. The second-order valence-electron chi connectivity index (χ2n) is 4.19. The van der Waals surface area contributed by atoms with Crippen LogP contribution in [0.2, 0.25) is 0 Å². The summed E-state index contributed by atoms with van der Waals surface area (Å²) in [5, 5.41) is 8.74. The van der Waals surface area contributed by atoms with Gasteiger partial charge in [0.2, 0.25) is 10.0 Å². The second kappa shape index (κ2) is 4.49. The molecule has 0 aliphatic carbocycles. The third-order valence-corrected chi connectivity index (χ3v) is 4.63. The third kappa shape index (κ3) is 2.92. The molecule has 0 saturated carbocycles. The molecule has 1 atom stereocenters. The van der Waals surface area contributed by atoms with E-state index in [1.54, 1.807) is 0 Å². The summed E-state index contributed by atoms with van der Waals surface area (Å²) in [4.78, 5) is 10.7. The standard InChI is InChI=1S/C9H17NO4S/c1-7(2)8(6-9(11)12)10-4-3-5-15(10,13)14/h7-8H,3-6H2,1-2H3,(H,11,12). The Morgan fingerprint density at radius 3 is 2.40 bits per heavy atom. The summed E-state index contributed by atoms with van der Waals surface area (Å²) in [5.41, 5.74) is 0. The van der Waals surface area contributed by atoms with Gasteiger partial charge < -0.3 is 5.11 Å². The number of carboxylic acids is 1. The summed E-state index contributed by atoms with van der Waals surface area (Å²) >= 11 is 0. The fourth-order valence-electron chi connectivity index (χ4n) is 1.88. The van der Waals surface area contributed by atoms with Crippen molar-refractivity contribution in [2.24, 2.45) is 5.92 Å². The van der Waals surface area contributed by atoms with Crippen molar-refractivity contribution < 1.29 is 18.3 Å². The Balaban J connectivity index is 2.85. The van der Waals surface area contributed by atoms with Crippen molar-refractivity contribution in [3.05, 3.63) is 0 Å². The molecule has 0 aromatic rings. The lowest BCUT2D eigenvalue weighted by molar-refractivity contribution is -0.138. The maximum Gasteiger partial charge on any atom is 0.304 e. The fourth-order valence-corrected chi connectivity index (χ4v) is 3.75. The first-order valence-electron chi connectivity index (χ1n) is 5.06. The van der Waals surface area contributed by atoms with Crippen LogP contribution in [-0.4, -0.2) is 42.1 Å². The highest BCUT2D eigenvalue weighted by molar-refractivity contribution is 7.89. The number of hydrogen-bond donors (Lipinski definition) is 1. The number of hydrogen-bond acceptors (Lipinski definition) is 3. The van der Waals surface area contributed by atoms with E-state index in [1.807, 2.05) is 13.8 Å². The van der Waals surface area contributed by atoms with Gasteiger partial charge in [0.05, 0.1) is 12.2 Å². The van der Waals surface area contributed by atoms with E-state index < -0.39 is 22.0 Å². The minimum absolute atomic E-state index is 0.0222. The summed E-state index contributed by atoms with van der Waals surface area (Å²) in [6, 6.07) is -0.407. The Morgan fingerprint density at radius 2 is 2.07 bits per heavy atom. The van der Waals surface area contributed by atoms with E-state index in [9.17, 15) is 13.2 Å².